The van der Waals surface area contributed by atoms with E-state index in [1.165, 1.54) is 25.7 Å². The van der Waals surface area contributed by atoms with Gasteiger partial charge in [-0.05, 0) is 25.7 Å². The van der Waals surface area contributed by atoms with Crippen molar-refractivity contribution in [2.24, 2.45) is 0 Å². The molecule has 0 amide bonds. The molecule has 0 aromatic rings. The molecule has 0 saturated carbocycles. The van der Waals surface area contributed by atoms with Gasteiger partial charge in [-0.1, -0.05) is 6.42 Å². The van der Waals surface area contributed by atoms with Crippen molar-refractivity contribution in [3.05, 3.63) is 0 Å². The maximum Gasteiger partial charge on any atom is 0.0693 e. The molecule has 2 N–H and O–H groups in total. The van der Waals surface area contributed by atoms with E-state index in [1.54, 1.807) is 0 Å². The number of rotatable bonds is 0. The summed E-state index contributed by atoms with van der Waals surface area (Å²) in [6.07, 6.45) is 5.94. The van der Waals surface area contributed by atoms with Crippen LogP contribution in [-0.4, -0.2) is 23.3 Å². The number of nitrogens with one attached hydrogen (secondary N) is 1. The lowest BCUT2D eigenvalue weighted by Gasteiger charge is -2.39. The first kappa shape index (κ1) is 6.62. The van der Waals surface area contributed by atoms with Gasteiger partial charge in [0.15, 0.2) is 0 Å². The zero-order valence-electron chi connectivity index (χ0n) is 6.21. The maximum absolute atomic E-state index is 9.46. The number of hydrogen-bond donors (Lipinski definition) is 2. The van der Waals surface area contributed by atoms with E-state index < -0.39 is 0 Å². The van der Waals surface area contributed by atoms with Crippen LogP contribution < -0.4 is 5.32 Å². The largest absolute Gasteiger partial charge is 0.392 e. The fourth-order valence-corrected chi connectivity index (χ4v) is 2.16. The summed E-state index contributed by atoms with van der Waals surface area (Å²) in [5, 5.41) is 12.9. The molecule has 2 heterocycles. The van der Waals surface area contributed by atoms with Gasteiger partial charge in [0.25, 0.3) is 0 Å². The maximum atomic E-state index is 9.46. The Kier molecular flexibility index (Phi) is 1.66. The van der Waals surface area contributed by atoms with E-state index in [2.05, 4.69) is 5.32 Å². The van der Waals surface area contributed by atoms with E-state index >= 15 is 0 Å². The average Bonchev–Trinajstić information content (AvgIpc) is 1.99. The number of aliphatic hydroxyl groups excluding tert-OH is 1. The van der Waals surface area contributed by atoms with E-state index in [0.717, 1.165) is 12.5 Å². The van der Waals surface area contributed by atoms with Crippen LogP contribution in [0.5, 0.6) is 0 Å². The molecule has 0 aromatic carbocycles. The second kappa shape index (κ2) is 2.51. The highest BCUT2D eigenvalue weighted by Gasteiger charge is 2.30. The van der Waals surface area contributed by atoms with Crippen LogP contribution in [0.1, 0.15) is 32.1 Å². The van der Waals surface area contributed by atoms with Crippen LogP contribution in [0, 0.1) is 0 Å². The van der Waals surface area contributed by atoms with Crippen molar-refractivity contribution in [2.45, 2.75) is 50.3 Å². The quantitative estimate of drug-likeness (QED) is 0.519. The van der Waals surface area contributed by atoms with Gasteiger partial charge in [-0.15, -0.1) is 0 Å². The predicted molar refractivity (Wildman–Crippen MR) is 39.8 cm³/mol. The van der Waals surface area contributed by atoms with Crippen LogP contribution in [0.2, 0.25) is 0 Å². The van der Waals surface area contributed by atoms with Crippen molar-refractivity contribution in [1.29, 1.82) is 0 Å². The lowest BCUT2D eigenvalue weighted by molar-refractivity contribution is 0.0571. The average molecular weight is 141 g/mol. The third-order valence-electron chi connectivity index (χ3n) is 2.79. The fourth-order valence-electron chi connectivity index (χ4n) is 2.16. The summed E-state index contributed by atoms with van der Waals surface area (Å²) in [4.78, 5) is 0. The lowest BCUT2D eigenvalue weighted by Crippen LogP contribution is -2.52. The number of aliphatic hydroxyl groups is 1. The van der Waals surface area contributed by atoms with Crippen molar-refractivity contribution in [2.75, 3.05) is 0 Å². The van der Waals surface area contributed by atoms with E-state index in [9.17, 15) is 5.11 Å². The minimum Gasteiger partial charge on any atom is -0.392 e. The number of hydrogen-bond acceptors (Lipinski definition) is 2. The summed E-state index contributed by atoms with van der Waals surface area (Å²) in [7, 11) is 0. The molecule has 0 radical (unpaired) electrons. The first-order chi connectivity index (χ1) is 4.86. The zero-order valence-corrected chi connectivity index (χ0v) is 6.21. The molecule has 2 unspecified atom stereocenters. The second-order valence-electron chi connectivity index (χ2n) is 3.55. The highest BCUT2D eigenvalue weighted by molar-refractivity contribution is 4.90. The van der Waals surface area contributed by atoms with E-state index in [-0.39, 0.29) is 6.10 Å². The third kappa shape index (κ3) is 1.06. The smallest absolute Gasteiger partial charge is 0.0693 e. The highest BCUT2D eigenvalue weighted by Crippen LogP contribution is 2.25. The van der Waals surface area contributed by atoms with Crippen LogP contribution in [-0.2, 0) is 0 Å². The Hall–Kier alpha value is -0.0800. The Balaban J connectivity index is 2.00. The molecule has 2 aliphatic heterocycles. The molecule has 2 bridgehead atoms. The molecular formula is C8H15NO. The van der Waals surface area contributed by atoms with Crippen molar-refractivity contribution < 1.29 is 5.11 Å². The normalized spacial score (nSPS) is 47.1. The zero-order chi connectivity index (χ0) is 6.97. The summed E-state index contributed by atoms with van der Waals surface area (Å²) >= 11 is 0. The third-order valence-corrected chi connectivity index (χ3v) is 2.79. The van der Waals surface area contributed by atoms with Gasteiger partial charge in [0.1, 0.15) is 0 Å². The van der Waals surface area contributed by atoms with Gasteiger partial charge in [-0.25, -0.2) is 0 Å². The minimum atomic E-state index is -0.0588. The Morgan fingerprint density at radius 2 is 2.00 bits per heavy atom. The Bertz CT molecular complexity index is 124. The van der Waals surface area contributed by atoms with E-state index in [4.69, 9.17) is 0 Å². The monoisotopic (exact) mass is 141 g/mol. The predicted octanol–water partition coefficient (Wildman–Crippen LogP) is 0.652. The Morgan fingerprint density at radius 1 is 1.10 bits per heavy atom. The first-order valence-corrected chi connectivity index (χ1v) is 4.30. The second-order valence-corrected chi connectivity index (χ2v) is 3.55. The molecule has 2 nitrogen and oxygen atoms in total. The molecular weight excluding hydrogens is 126 g/mol. The van der Waals surface area contributed by atoms with Gasteiger partial charge in [-0.3, -0.25) is 0 Å². The van der Waals surface area contributed by atoms with Crippen LogP contribution in [0.3, 0.4) is 0 Å². The molecule has 0 aliphatic carbocycles. The molecule has 2 rings (SSSR count). The van der Waals surface area contributed by atoms with Crippen molar-refractivity contribution in [1.82, 2.24) is 5.32 Å². The van der Waals surface area contributed by atoms with Crippen LogP contribution in [0.4, 0.5) is 0 Å². The minimum absolute atomic E-state index is 0.0588. The number of fused-ring (bicyclic) bond motifs is 2. The lowest BCUT2D eigenvalue weighted by atomic mass is 9.85. The Morgan fingerprint density at radius 3 is 2.80 bits per heavy atom. The standard InChI is InChI=1S/C8H15NO/c10-8-5-4-6-2-1-3-7(8)9-6/h6-10H,1-5H2/t6?,7?,8-/m0/s1. The van der Waals surface area contributed by atoms with E-state index in [1.807, 2.05) is 0 Å². The topological polar surface area (TPSA) is 32.3 Å². The number of piperidine rings is 2. The summed E-state index contributed by atoms with van der Waals surface area (Å²) in [5.74, 6) is 0. The molecule has 10 heavy (non-hydrogen) atoms. The van der Waals surface area contributed by atoms with Gasteiger partial charge < -0.3 is 10.4 Å². The van der Waals surface area contributed by atoms with Crippen molar-refractivity contribution >= 4 is 0 Å². The fraction of sp³-hybridized carbons (Fsp3) is 1.00. The molecule has 0 aromatic heterocycles. The molecule has 58 valence electrons. The van der Waals surface area contributed by atoms with Crippen LogP contribution in [0.15, 0.2) is 0 Å². The van der Waals surface area contributed by atoms with E-state index in [0.29, 0.717) is 6.04 Å². The molecule has 2 fully saturated rings. The molecule has 3 atom stereocenters. The van der Waals surface area contributed by atoms with Crippen LogP contribution >= 0.6 is 0 Å². The summed E-state index contributed by atoms with van der Waals surface area (Å²) < 4.78 is 0. The molecule has 2 saturated heterocycles. The molecule has 2 aliphatic rings. The molecule has 2 heteroatoms. The van der Waals surface area contributed by atoms with Crippen molar-refractivity contribution in [3.63, 3.8) is 0 Å². The van der Waals surface area contributed by atoms with Gasteiger partial charge in [0, 0.05) is 12.1 Å². The highest BCUT2D eigenvalue weighted by atomic mass is 16.3. The van der Waals surface area contributed by atoms with Crippen molar-refractivity contribution in [3.8, 4) is 0 Å². The van der Waals surface area contributed by atoms with Gasteiger partial charge in [-0.2, -0.15) is 0 Å². The van der Waals surface area contributed by atoms with Gasteiger partial charge >= 0.3 is 0 Å². The SMILES string of the molecule is O[C@H]1CCC2CCCC1N2. The molecule has 0 spiro atoms. The van der Waals surface area contributed by atoms with Gasteiger partial charge in [0.2, 0.25) is 0 Å². The van der Waals surface area contributed by atoms with Crippen LogP contribution in [0.25, 0.3) is 0 Å². The summed E-state index contributed by atoms with van der Waals surface area (Å²) in [5.41, 5.74) is 0. The Labute approximate surface area is 61.6 Å². The van der Waals surface area contributed by atoms with Gasteiger partial charge in [0.05, 0.1) is 6.10 Å². The summed E-state index contributed by atoms with van der Waals surface area (Å²) in [6, 6.07) is 1.15. The summed E-state index contributed by atoms with van der Waals surface area (Å²) in [6.45, 7) is 0. The first-order valence-electron chi connectivity index (χ1n) is 4.30.